The van der Waals surface area contributed by atoms with E-state index in [1.807, 2.05) is 4.98 Å². The van der Waals surface area contributed by atoms with Crippen molar-refractivity contribution >= 4 is 23.2 Å². The van der Waals surface area contributed by atoms with Crippen LogP contribution in [0.4, 0.5) is 0 Å². The second-order valence-electron chi connectivity index (χ2n) is 3.85. The number of aliphatic hydroxyl groups is 2. The van der Waals surface area contributed by atoms with Crippen LogP contribution in [-0.2, 0) is 4.74 Å². The predicted molar refractivity (Wildman–Crippen MR) is 62.8 cm³/mol. The van der Waals surface area contributed by atoms with Crippen LogP contribution in [0.25, 0.3) is 0 Å². The van der Waals surface area contributed by atoms with Gasteiger partial charge in [0.05, 0.1) is 6.61 Å². The summed E-state index contributed by atoms with van der Waals surface area (Å²) in [6, 6.07) is 1.09. The zero-order chi connectivity index (χ0) is 13.5. The Morgan fingerprint density at radius 3 is 2.67 bits per heavy atom. The Kier molecular flexibility index (Phi) is 3.52. The number of halogens is 2. The van der Waals surface area contributed by atoms with Crippen molar-refractivity contribution in [1.82, 2.24) is 9.55 Å². The van der Waals surface area contributed by atoms with Gasteiger partial charge >= 0.3 is 5.69 Å². The molecule has 0 aromatic carbocycles. The monoisotopic (exact) mass is 296 g/mol. The minimum Gasteiger partial charge on any atom is -0.394 e. The number of hydrogen-bond donors (Lipinski definition) is 3. The lowest BCUT2D eigenvalue weighted by Gasteiger charge is -2.23. The molecule has 7 nitrogen and oxygen atoms in total. The zero-order valence-corrected chi connectivity index (χ0v) is 10.4. The third-order valence-electron chi connectivity index (χ3n) is 2.66. The van der Waals surface area contributed by atoms with E-state index in [-0.39, 0.29) is 0 Å². The SMILES string of the molecule is O=c1ccn(C2OC(CO)C(O)C2(Cl)Cl)c(=O)[nH]1. The highest BCUT2D eigenvalue weighted by Gasteiger charge is 2.55. The quantitative estimate of drug-likeness (QED) is 0.605. The molecule has 3 N–H and O–H groups in total. The standard InChI is InChI=1S/C9H10Cl2N2O5/c10-9(11)6(16)4(3-14)18-7(9)13-2-1-5(15)12-8(13)17/h1-2,4,6-7,14,16H,3H2,(H,12,15,17). The van der Waals surface area contributed by atoms with Crippen LogP contribution in [0.15, 0.2) is 21.9 Å². The molecule has 0 spiro atoms. The fourth-order valence-electron chi connectivity index (χ4n) is 1.73. The molecular weight excluding hydrogens is 287 g/mol. The molecule has 0 amide bonds. The van der Waals surface area contributed by atoms with Gasteiger partial charge in [0.25, 0.3) is 5.56 Å². The molecule has 3 unspecified atom stereocenters. The molecule has 0 aliphatic carbocycles. The smallest absolute Gasteiger partial charge is 0.330 e. The summed E-state index contributed by atoms with van der Waals surface area (Å²) in [6.45, 7) is -0.503. The van der Waals surface area contributed by atoms with Gasteiger partial charge in [-0.2, -0.15) is 0 Å². The first-order chi connectivity index (χ1) is 8.37. The maximum atomic E-state index is 11.6. The maximum absolute atomic E-state index is 11.6. The van der Waals surface area contributed by atoms with E-state index in [9.17, 15) is 14.7 Å². The van der Waals surface area contributed by atoms with Crippen molar-refractivity contribution < 1.29 is 14.9 Å². The highest BCUT2D eigenvalue weighted by atomic mass is 35.5. The van der Waals surface area contributed by atoms with E-state index in [1.54, 1.807) is 0 Å². The van der Waals surface area contributed by atoms with Gasteiger partial charge < -0.3 is 14.9 Å². The van der Waals surface area contributed by atoms with Crippen molar-refractivity contribution in [3.8, 4) is 0 Å². The molecule has 100 valence electrons. The van der Waals surface area contributed by atoms with E-state index in [0.717, 1.165) is 16.8 Å². The molecule has 1 aromatic heterocycles. The van der Waals surface area contributed by atoms with Crippen LogP contribution in [0.1, 0.15) is 6.23 Å². The number of rotatable bonds is 2. The lowest BCUT2D eigenvalue weighted by Crippen LogP contribution is -2.41. The molecule has 18 heavy (non-hydrogen) atoms. The molecule has 1 aromatic rings. The second kappa shape index (κ2) is 4.67. The fourth-order valence-corrected chi connectivity index (χ4v) is 2.32. The number of aromatic nitrogens is 2. The predicted octanol–water partition coefficient (Wildman–Crippen LogP) is -1.04. The lowest BCUT2D eigenvalue weighted by molar-refractivity contribution is -0.0462. The molecular formula is C9H10Cl2N2O5. The number of alkyl halides is 2. The normalized spacial score (nSPS) is 30.6. The van der Waals surface area contributed by atoms with E-state index < -0.39 is 40.6 Å². The highest BCUT2D eigenvalue weighted by molar-refractivity contribution is 6.49. The molecule has 2 heterocycles. The fraction of sp³-hybridized carbons (Fsp3) is 0.556. The van der Waals surface area contributed by atoms with Gasteiger partial charge in [0, 0.05) is 12.3 Å². The summed E-state index contributed by atoms with van der Waals surface area (Å²) in [5, 5.41) is 18.8. The number of aromatic amines is 1. The van der Waals surface area contributed by atoms with Crippen molar-refractivity contribution in [3.63, 3.8) is 0 Å². The van der Waals surface area contributed by atoms with E-state index in [4.69, 9.17) is 33.0 Å². The minimum absolute atomic E-state index is 0.503. The summed E-state index contributed by atoms with van der Waals surface area (Å²) < 4.78 is 4.36. The summed E-state index contributed by atoms with van der Waals surface area (Å²) in [5.41, 5.74) is -1.35. The second-order valence-corrected chi connectivity index (χ2v) is 5.29. The van der Waals surface area contributed by atoms with Crippen molar-refractivity contribution in [3.05, 3.63) is 33.1 Å². The van der Waals surface area contributed by atoms with Crippen LogP contribution in [-0.4, -0.2) is 42.9 Å². The molecule has 1 saturated heterocycles. The van der Waals surface area contributed by atoms with Gasteiger partial charge in [-0.3, -0.25) is 14.3 Å². The molecule has 1 aliphatic rings. The molecule has 3 atom stereocenters. The third-order valence-corrected chi connectivity index (χ3v) is 3.48. The Morgan fingerprint density at radius 2 is 2.17 bits per heavy atom. The van der Waals surface area contributed by atoms with E-state index in [1.165, 1.54) is 0 Å². The third kappa shape index (κ3) is 2.08. The van der Waals surface area contributed by atoms with E-state index in [2.05, 4.69) is 0 Å². The molecule has 0 saturated carbocycles. The van der Waals surface area contributed by atoms with Gasteiger partial charge in [-0.05, 0) is 0 Å². The van der Waals surface area contributed by atoms with Gasteiger partial charge in [-0.1, -0.05) is 23.2 Å². The molecule has 0 bridgehead atoms. The van der Waals surface area contributed by atoms with E-state index in [0.29, 0.717) is 0 Å². The van der Waals surface area contributed by atoms with Gasteiger partial charge in [-0.15, -0.1) is 0 Å². The average molecular weight is 297 g/mol. The first-order valence-corrected chi connectivity index (χ1v) is 5.77. The maximum Gasteiger partial charge on any atom is 0.330 e. The number of ether oxygens (including phenoxy) is 1. The van der Waals surface area contributed by atoms with Crippen LogP contribution in [0.3, 0.4) is 0 Å². The van der Waals surface area contributed by atoms with Crippen LogP contribution in [0.5, 0.6) is 0 Å². The summed E-state index contributed by atoms with van der Waals surface area (Å²) in [4.78, 5) is 24.5. The Balaban J connectivity index is 2.45. The molecule has 1 fully saturated rings. The first-order valence-electron chi connectivity index (χ1n) is 5.01. The largest absolute Gasteiger partial charge is 0.394 e. The minimum atomic E-state index is -1.81. The van der Waals surface area contributed by atoms with Gasteiger partial charge in [-0.25, -0.2) is 4.79 Å². The van der Waals surface area contributed by atoms with Gasteiger partial charge in [0.2, 0.25) is 0 Å². The van der Waals surface area contributed by atoms with Crippen molar-refractivity contribution in [1.29, 1.82) is 0 Å². The Bertz CT molecular complexity index is 554. The average Bonchev–Trinajstić information content (AvgIpc) is 2.52. The van der Waals surface area contributed by atoms with Crippen LogP contribution < -0.4 is 11.2 Å². The van der Waals surface area contributed by atoms with Crippen LogP contribution in [0.2, 0.25) is 0 Å². The topological polar surface area (TPSA) is 105 Å². The van der Waals surface area contributed by atoms with Crippen LogP contribution >= 0.6 is 23.2 Å². The van der Waals surface area contributed by atoms with Gasteiger partial charge in [0.1, 0.15) is 12.2 Å². The lowest BCUT2D eigenvalue weighted by atomic mass is 10.2. The van der Waals surface area contributed by atoms with Crippen molar-refractivity contribution in [2.24, 2.45) is 0 Å². The molecule has 9 heteroatoms. The number of nitrogens with one attached hydrogen (secondary N) is 1. The number of aliphatic hydroxyl groups excluding tert-OH is 2. The summed E-state index contributed by atoms with van der Waals surface area (Å²) in [6.07, 6.45) is -2.44. The Hall–Kier alpha value is -0.860. The number of H-pyrrole nitrogens is 1. The van der Waals surface area contributed by atoms with E-state index >= 15 is 0 Å². The summed E-state index contributed by atoms with van der Waals surface area (Å²) >= 11 is 11.9. The molecule has 0 radical (unpaired) electrons. The number of nitrogens with zero attached hydrogens (tertiary/aromatic N) is 1. The van der Waals surface area contributed by atoms with Crippen molar-refractivity contribution in [2.45, 2.75) is 22.8 Å². The molecule has 1 aliphatic heterocycles. The summed E-state index contributed by atoms with van der Waals surface area (Å²) in [7, 11) is 0. The molecule has 2 rings (SSSR count). The van der Waals surface area contributed by atoms with Crippen LogP contribution in [0, 0.1) is 0 Å². The van der Waals surface area contributed by atoms with Gasteiger partial charge in [0.15, 0.2) is 10.6 Å². The van der Waals surface area contributed by atoms with Crippen molar-refractivity contribution in [2.75, 3.05) is 6.61 Å². The first kappa shape index (κ1) is 13.6. The number of hydrogen-bond acceptors (Lipinski definition) is 5. The highest BCUT2D eigenvalue weighted by Crippen LogP contribution is 2.45. The Morgan fingerprint density at radius 1 is 1.50 bits per heavy atom. The zero-order valence-electron chi connectivity index (χ0n) is 8.92. The Labute approximate surface area is 111 Å². The summed E-state index contributed by atoms with van der Waals surface area (Å²) in [5.74, 6) is 0.